The summed E-state index contributed by atoms with van der Waals surface area (Å²) < 4.78 is 0. The Bertz CT molecular complexity index is 342. The summed E-state index contributed by atoms with van der Waals surface area (Å²) in [5.41, 5.74) is 0. The van der Waals surface area contributed by atoms with Crippen LogP contribution in [0.5, 0.6) is 0 Å². The Labute approximate surface area is 113 Å². The fourth-order valence-electron chi connectivity index (χ4n) is 1.55. The fourth-order valence-corrected chi connectivity index (χ4v) is 1.55. The second-order valence-corrected chi connectivity index (χ2v) is 4.33. The van der Waals surface area contributed by atoms with Gasteiger partial charge in [0.15, 0.2) is 0 Å². The minimum atomic E-state index is -1.08. The van der Waals surface area contributed by atoms with Crippen LogP contribution in [0.3, 0.4) is 0 Å². The molecule has 110 valence electrons. The lowest BCUT2D eigenvalue weighted by atomic mass is 10.3. The summed E-state index contributed by atoms with van der Waals surface area (Å²) in [6.07, 6.45) is 0. The lowest BCUT2D eigenvalue weighted by Gasteiger charge is -2.28. The van der Waals surface area contributed by atoms with Crippen LogP contribution < -0.4 is 0 Å². The summed E-state index contributed by atoms with van der Waals surface area (Å²) in [7, 11) is 2.88. The number of carbonyl (C=O) groups excluding carboxylic acids is 2. The summed E-state index contributed by atoms with van der Waals surface area (Å²) in [4.78, 5) is 38.5. The Morgan fingerprint density at radius 3 is 1.95 bits per heavy atom. The number of carbonyl (C=O) groups is 3. The van der Waals surface area contributed by atoms with Crippen molar-refractivity contribution >= 4 is 17.9 Å². The van der Waals surface area contributed by atoms with Crippen LogP contribution in [-0.2, 0) is 9.59 Å². The standard InChI is InChI=1S/C12H23N3O4/c1-6-15(7-2)10(16)8-13(4)12(19)14(5)9(3)11(17)18/h9H,6-8H2,1-5H3,(H,17,18). The first-order valence-corrected chi connectivity index (χ1v) is 6.24. The van der Waals surface area contributed by atoms with Crippen molar-refractivity contribution in [3.8, 4) is 0 Å². The van der Waals surface area contributed by atoms with Crippen molar-refractivity contribution in [2.75, 3.05) is 33.7 Å². The molecule has 1 N–H and O–H groups in total. The fraction of sp³-hybridized carbons (Fsp3) is 0.750. The molecule has 7 nitrogen and oxygen atoms in total. The van der Waals surface area contributed by atoms with E-state index >= 15 is 0 Å². The highest BCUT2D eigenvalue weighted by molar-refractivity contribution is 5.86. The molecule has 1 atom stereocenters. The van der Waals surface area contributed by atoms with E-state index in [9.17, 15) is 14.4 Å². The zero-order valence-electron chi connectivity index (χ0n) is 12.2. The van der Waals surface area contributed by atoms with Gasteiger partial charge in [0.2, 0.25) is 5.91 Å². The van der Waals surface area contributed by atoms with Gasteiger partial charge in [-0.15, -0.1) is 0 Å². The van der Waals surface area contributed by atoms with Gasteiger partial charge in [0.25, 0.3) is 0 Å². The first-order valence-electron chi connectivity index (χ1n) is 6.24. The topological polar surface area (TPSA) is 81.2 Å². The number of carboxylic acids is 1. The van der Waals surface area contributed by atoms with E-state index in [1.807, 2.05) is 13.8 Å². The second-order valence-electron chi connectivity index (χ2n) is 4.33. The first kappa shape index (κ1) is 17.2. The van der Waals surface area contributed by atoms with E-state index in [0.29, 0.717) is 13.1 Å². The van der Waals surface area contributed by atoms with Crippen LogP contribution in [0.2, 0.25) is 0 Å². The van der Waals surface area contributed by atoms with Crippen LogP contribution >= 0.6 is 0 Å². The van der Waals surface area contributed by atoms with Crippen LogP contribution in [0.4, 0.5) is 4.79 Å². The van der Waals surface area contributed by atoms with E-state index in [2.05, 4.69) is 0 Å². The third-order valence-electron chi connectivity index (χ3n) is 3.06. The van der Waals surface area contributed by atoms with Crippen molar-refractivity contribution in [2.24, 2.45) is 0 Å². The van der Waals surface area contributed by atoms with E-state index in [1.165, 1.54) is 25.9 Å². The molecule has 0 saturated carbocycles. The Kier molecular flexibility index (Phi) is 6.89. The van der Waals surface area contributed by atoms with Gasteiger partial charge in [-0.1, -0.05) is 0 Å². The van der Waals surface area contributed by atoms with E-state index in [-0.39, 0.29) is 12.5 Å². The van der Waals surface area contributed by atoms with Crippen molar-refractivity contribution in [1.82, 2.24) is 14.7 Å². The molecule has 0 saturated heterocycles. The number of aliphatic carboxylic acids is 1. The van der Waals surface area contributed by atoms with Gasteiger partial charge in [0.05, 0.1) is 0 Å². The smallest absolute Gasteiger partial charge is 0.326 e. The molecule has 0 bridgehead atoms. The van der Waals surface area contributed by atoms with Crippen LogP contribution in [0.15, 0.2) is 0 Å². The predicted octanol–water partition coefficient (Wildman–Crippen LogP) is 0.312. The highest BCUT2D eigenvalue weighted by Gasteiger charge is 2.25. The largest absolute Gasteiger partial charge is 0.480 e. The lowest BCUT2D eigenvalue weighted by molar-refractivity contribution is -0.141. The van der Waals surface area contributed by atoms with E-state index < -0.39 is 18.0 Å². The molecular weight excluding hydrogens is 250 g/mol. The Hall–Kier alpha value is -1.79. The number of rotatable bonds is 6. The Morgan fingerprint density at radius 1 is 1.11 bits per heavy atom. The SMILES string of the molecule is CCN(CC)C(=O)CN(C)C(=O)N(C)C(C)C(=O)O. The number of hydrogen-bond acceptors (Lipinski definition) is 3. The van der Waals surface area contributed by atoms with E-state index in [4.69, 9.17) is 5.11 Å². The lowest BCUT2D eigenvalue weighted by Crippen LogP contribution is -2.49. The quantitative estimate of drug-likeness (QED) is 0.755. The van der Waals surface area contributed by atoms with Crippen molar-refractivity contribution in [1.29, 1.82) is 0 Å². The van der Waals surface area contributed by atoms with Crippen molar-refractivity contribution in [2.45, 2.75) is 26.8 Å². The molecule has 0 aliphatic carbocycles. The number of amides is 3. The summed E-state index contributed by atoms with van der Waals surface area (Å²) in [5, 5.41) is 8.84. The number of hydrogen-bond donors (Lipinski definition) is 1. The van der Waals surface area contributed by atoms with Gasteiger partial charge in [-0.3, -0.25) is 4.79 Å². The summed E-state index contributed by atoms with van der Waals surface area (Å²) >= 11 is 0. The Balaban J connectivity index is 4.58. The van der Waals surface area contributed by atoms with Crippen molar-refractivity contribution in [3.05, 3.63) is 0 Å². The monoisotopic (exact) mass is 273 g/mol. The average molecular weight is 273 g/mol. The number of nitrogens with zero attached hydrogens (tertiary/aromatic N) is 3. The molecular formula is C12H23N3O4. The molecule has 1 unspecified atom stereocenters. The molecule has 3 amide bonds. The molecule has 0 aromatic carbocycles. The second kappa shape index (κ2) is 7.60. The third kappa shape index (κ3) is 4.76. The number of likely N-dealkylation sites (N-methyl/N-ethyl adjacent to an activating group) is 3. The van der Waals surface area contributed by atoms with Crippen LogP contribution in [0.25, 0.3) is 0 Å². The normalized spacial score (nSPS) is 11.6. The molecule has 19 heavy (non-hydrogen) atoms. The number of urea groups is 1. The summed E-state index contributed by atoms with van der Waals surface area (Å²) in [6, 6.07) is -1.42. The molecule has 7 heteroatoms. The van der Waals surface area contributed by atoms with E-state index in [0.717, 1.165) is 4.90 Å². The van der Waals surface area contributed by atoms with Gasteiger partial charge < -0.3 is 19.8 Å². The highest BCUT2D eigenvalue weighted by atomic mass is 16.4. The van der Waals surface area contributed by atoms with Crippen LogP contribution in [0.1, 0.15) is 20.8 Å². The molecule has 0 heterocycles. The molecule has 0 radical (unpaired) electrons. The zero-order chi connectivity index (χ0) is 15.2. The van der Waals surface area contributed by atoms with Crippen molar-refractivity contribution in [3.63, 3.8) is 0 Å². The molecule has 0 aliphatic heterocycles. The summed E-state index contributed by atoms with van der Waals surface area (Å²) in [6.45, 7) is 6.25. The van der Waals surface area contributed by atoms with Gasteiger partial charge in [-0.05, 0) is 20.8 Å². The molecule has 0 aliphatic rings. The number of carboxylic acid groups (broad SMARTS) is 1. The van der Waals surface area contributed by atoms with Gasteiger partial charge in [0, 0.05) is 27.2 Å². The summed E-state index contributed by atoms with van der Waals surface area (Å²) in [5.74, 6) is -1.24. The average Bonchev–Trinajstić information content (AvgIpc) is 2.37. The predicted molar refractivity (Wildman–Crippen MR) is 70.8 cm³/mol. The first-order chi connectivity index (χ1) is 8.76. The van der Waals surface area contributed by atoms with Gasteiger partial charge in [0.1, 0.15) is 12.6 Å². The van der Waals surface area contributed by atoms with E-state index in [1.54, 1.807) is 4.90 Å². The molecule has 0 spiro atoms. The Morgan fingerprint density at radius 2 is 1.58 bits per heavy atom. The van der Waals surface area contributed by atoms with Crippen molar-refractivity contribution < 1.29 is 19.5 Å². The molecule has 0 fully saturated rings. The maximum Gasteiger partial charge on any atom is 0.326 e. The zero-order valence-corrected chi connectivity index (χ0v) is 12.2. The molecule has 0 aromatic heterocycles. The highest BCUT2D eigenvalue weighted by Crippen LogP contribution is 2.02. The maximum absolute atomic E-state index is 11.9. The molecule has 0 rings (SSSR count). The third-order valence-corrected chi connectivity index (χ3v) is 3.06. The van der Waals surface area contributed by atoms with Gasteiger partial charge in [-0.2, -0.15) is 0 Å². The van der Waals surface area contributed by atoms with Crippen LogP contribution in [-0.4, -0.2) is 77.5 Å². The molecule has 0 aromatic rings. The van der Waals surface area contributed by atoms with Gasteiger partial charge in [-0.25, -0.2) is 9.59 Å². The minimum Gasteiger partial charge on any atom is -0.480 e. The minimum absolute atomic E-state index is 0.0583. The maximum atomic E-state index is 11.9. The van der Waals surface area contributed by atoms with Crippen LogP contribution in [0, 0.1) is 0 Å². The van der Waals surface area contributed by atoms with Gasteiger partial charge >= 0.3 is 12.0 Å².